The summed E-state index contributed by atoms with van der Waals surface area (Å²) in [5.74, 6) is -0.294. The second-order valence-corrected chi connectivity index (χ2v) is 9.98. The SMILES string of the molecule is C=CC(=C\C=C(/C)S(N)(=O)=O)/C(C)=C(/N=C(C)c1ccccc1Cl)C1(C)C=CC(F)=CC1. The van der Waals surface area contributed by atoms with Gasteiger partial charge in [0, 0.05) is 21.7 Å². The third kappa shape index (κ3) is 6.25. The first-order valence-corrected chi connectivity index (χ1v) is 11.9. The van der Waals surface area contributed by atoms with E-state index in [2.05, 4.69) is 6.58 Å². The van der Waals surface area contributed by atoms with E-state index in [4.69, 9.17) is 21.7 Å². The zero-order chi connectivity index (χ0) is 24.1. The van der Waals surface area contributed by atoms with Gasteiger partial charge in [0.15, 0.2) is 0 Å². The van der Waals surface area contributed by atoms with E-state index in [1.54, 1.807) is 24.3 Å². The first-order chi connectivity index (χ1) is 14.9. The summed E-state index contributed by atoms with van der Waals surface area (Å²) in [6, 6.07) is 7.41. The average molecular weight is 475 g/mol. The van der Waals surface area contributed by atoms with Gasteiger partial charge in [-0.25, -0.2) is 17.9 Å². The Hall–Kier alpha value is -2.54. The van der Waals surface area contributed by atoms with Crippen molar-refractivity contribution in [2.24, 2.45) is 15.5 Å². The highest BCUT2D eigenvalue weighted by Gasteiger charge is 2.30. The number of halogens is 2. The fraction of sp³-hybridized carbons (Fsp3) is 0.240. The molecule has 1 aromatic carbocycles. The number of primary sulfonamides is 1. The highest BCUT2D eigenvalue weighted by atomic mass is 35.5. The summed E-state index contributed by atoms with van der Waals surface area (Å²) in [5, 5.41) is 5.77. The average Bonchev–Trinajstić information content (AvgIpc) is 2.73. The molecule has 0 amide bonds. The Kier molecular flexibility index (Phi) is 8.35. The molecule has 4 nitrogen and oxygen atoms in total. The third-order valence-electron chi connectivity index (χ3n) is 5.37. The molecule has 2 N–H and O–H groups in total. The van der Waals surface area contributed by atoms with E-state index in [-0.39, 0.29) is 10.7 Å². The van der Waals surface area contributed by atoms with E-state index in [9.17, 15) is 12.8 Å². The third-order valence-corrected chi connectivity index (χ3v) is 6.73. The van der Waals surface area contributed by atoms with Crippen LogP contribution in [0.2, 0.25) is 5.02 Å². The minimum absolute atomic E-state index is 0.0238. The van der Waals surface area contributed by atoms with Gasteiger partial charge in [0.1, 0.15) is 5.83 Å². The first kappa shape index (κ1) is 25.7. The van der Waals surface area contributed by atoms with Gasteiger partial charge in [-0.1, -0.05) is 61.5 Å². The maximum Gasteiger partial charge on any atom is 0.233 e. The molecule has 1 aromatic rings. The molecule has 0 fully saturated rings. The predicted octanol–water partition coefficient (Wildman–Crippen LogP) is 6.55. The lowest BCUT2D eigenvalue weighted by Crippen LogP contribution is -2.19. The lowest BCUT2D eigenvalue weighted by molar-refractivity contribution is 0.490. The van der Waals surface area contributed by atoms with E-state index in [0.29, 0.717) is 28.4 Å². The molecule has 7 heteroatoms. The maximum absolute atomic E-state index is 13.7. The molecule has 1 aliphatic carbocycles. The summed E-state index contributed by atoms with van der Waals surface area (Å²) in [6.45, 7) is 11.0. The minimum atomic E-state index is -3.79. The van der Waals surface area contributed by atoms with Crippen LogP contribution in [0, 0.1) is 5.41 Å². The number of rotatable bonds is 7. The lowest BCUT2D eigenvalue weighted by Gasteiger charge is -2.30. The summed E-state index contributed by atoms with van der Waals surface area (Å²) in [6.07, 6.45) is 9.84. The molecule has 0 bridgehead atoms. The number of hydrogen-bond acceptors (Lipinski definition) is 3. The van der Waals surface area contributed by atoms with Crippen LogP contribution in [0.25, 0.3) is 0 Å². The maximum atomic E-state index is 13.7. The van der Waals surface area contributed by atoms with Gasteiger partial charge in [-0.05, 0) is 62.6 Å². The second kappa shape index (κ2) is 10.4. The lowest BCUT2D eigenvalue weighted by atomic mass is 9.77. The molecule has 1 unspecified atom stereocenters. The largest absolute Gasteiger partial charge is 0.256 e. The molecule has 0 saturated carbocycles. The smallest absolute Gasteiger partial charge is 0.233 e. The molecule has 32 heavy (non-hydrogen) atoms. The van der Waals surface area contributed by atoms with Crippen molar-refractivity contribution in [1.29, 1.82) is 0 Å². The summed E-state index contributed by atoms with van der Waals surface area (Å²) in [4.78, 5) is 4.95. The number of nitrogens with zero attached hydrogens (tertiary/aromatic N) is 1. The number of benzene rings is 1. The molecular weight excluding hydrogens is 447 g/mol. The van der Waals surface area contributed by atoms with Crippen molar-refractivity contribution in [3.8, 4) is 0 Å². The first-order valence-electron chi connectivity index (χ1n) is 9.99. The van der Waals surface area contributed by atoms with Crippen LogP contribution in [-0.2, 0) is 10.0 Å². The van der Waals surface area contributed by atoms with Gasteiger partial charge in [0.25, 0.3) is 0 Å². The van der Waals surface area contributed by atoms with E-state index >= 15 is 0 Å². The molecule has 0 aromatic heterocycles. The normalized spacial score (nSPS) is 21.2. The van der Waals surface area contributed by atoms with Crippen molar-refractivity contribution < 1.29 is 12.8 Å². The number of sulfonamides is 1. The van der Waals surface area contributed by atoms with Crippen LogP contribution in [0.1, 0.15) is 39.7 Å². The minimum Gasteiger partial charge on any atom is -0.256 e. The molecule has 1 atom stereocenters. The van der Waals surface area contributed by atoms with Crippen molar-refractivity contribution in [1.82, 2.24) is 0 Å². The number of allylic oxidation sites excluding steroid dienone is 10. The summed E-state index contributed by atoms with van der Waals surface area (Å²) < 4.78 is 36.8. The van der Waals surface area contributed by atoms with Crippen molar-refractivity contribution in [2.75, 3.05) is 0 Å². The summed E-state index contributed by atoms with van der Waals surface area (Å²) >= 11 is 6.36. The second-order valence-electron chi connectivity index (χ2n) is 7.84. The monoisotopic (exact) mass is 474 g/mol. The Morgan fingerprint density at radius 1 is 1.25 bits per heavy atom. The Balaban J connectivity index is 2.73. The Morgan fingerprint density at radius 2 is 1.91 bits per heavy atom. The van der Waals surface area contributed by atoms with Gasteiger partial charge in [-0.3, -0.25) is 4.99 Å². The van der Waals surface area contributed by atoms with Gasteiger partial charge in [-0.15, -0.1) is 0 Å². The van der Waals surface area contributed by atoms with Crippen molar-refractivity contribution in [3.05, 3.63) is 105 Å². The summed E-state index contributed by atoms with van der Waals surface area (Å²) in [7, 11) is -3.79. The van der Waals surface area contributed by atoms with Gasteiger partial charge in [0.2, 0.25) is 10.0 Å². The van der Waals surface area contributed by atoms with Crippen LogP contribution in [-0.4, -0.2) is 14.1 Å². The molecule has 1 aliphatic rings. The van der Waals surface area contributed by atoms with Crippen molar-refractivity contribution in [3.63, 3.8) is 0 Å². The molecule has 170 valence electrons. The van der Waals surface area contributed by atoms with E-state index in [1.807, 2.05) is 39.0 Å². The highest BCUT2D eigenvalue weighted by Crippen LogP contribution is 2.41. The topological polar surface area (TPSA) is 72.5 Å². The van der Waals surface area contributed by atoms with E-state index < -0.39 is 15.4 Å². The molecule has 0 heterocycles. The van der Waals surface area contributed by atoms with Crippen LogP contribution in [0.3, 0.4) is 0 Å². The van der Waals surface area contributed by atoms with Gasteiger partial charge < -0.3 is 0 Å². The van der Waals surface area contributed by atoms with Gasteiger partial charge in [0.05, 0.1) is 10.6 Å². The Bertz CT molecular complexity index is 1200. The zero-order valence-electron chi connectivity index (χ0n) is 18.7. The quantitative estimate of drug-likeness (QED) is 0.359. The number of nitrogens with two attached hydrogens (primary N) is 1. The molecule has 0 aliphatic heterocycles. The zero-order valence-corrected chi connectivity index (χ0v) is 20.3. The Morgan fingerprint density at radius 3 is 2.44 bits per heavy atom. The van der Waals surface area contributed by atoms with E-state index in [1.165, 1.54) is 25.2 Å². The van der Waals surface area contributed by atoms with Crippen LogP contribution >= 0.6 is 11.6 Å². The fourth-order valence-electron chi connectivity index (χ4n) is 3.29. The van der Waals surface area contributed by atoms with Gasteiger partial charge in [-0.2, -0.15) is 0 Å². The van der Waals surface area contributed by atoms with Gasteiger partial charge >= 0.3 is 0 Å². The van der Waals surface area contributed by atoms with Crippen LogP contribution in [0.4, 0.5) is 4.39 Å². The van der Waals surface area contributed by atoms with E-state index in [0.717, 1.165) is 11.1 Å². The van der Waals surface area contributed by atoms with Crippen LogP contribution in [0.5, 0.6) is 0 Å². The fourth-order valence-corrected chi connectivity index (χ4v) is 3.82. The summed E-state index contributed by atoms with van der Waals surface area (Å²) in [5.41, 5.74) is 3.04. The molecule has 0 radical (unpaired) electrons. The molecule has 0 saturated heterocycles. The Labute approximate surface area is 195 Å². The van der Waals surface area contributed by atoms with Crippen molar-refractivity contribution >= 4 is 27.3 Å². The van der Waals surface area contributed by atoms with Crippen LogP contribution in [0.15, 0.2) is 99.9 Å². The number of hydrogen-bond donors (Lipinski definition) is 1. The molecule has 2 rings (SSSR count). The number of aliphatic imine (C=N–C) groups is 1. The predicted molar refractivity (Wildman–Crippen MR) is 133 cm³/mol. The molecule has 0 spiro atoms. The highest BCUT2D eigenvalue weighted by molar-refractivity contribution is 7.93. The standard InChI is InChI=1S/C25H28ClFN2O2S/c1-6-20(12-11-17(2)32(28,30)31)18(3)24(25(5)15-13-21(27)14-16-25)29-19(4)22-9-7-8-10-23(22)26/h6-15H,1,16H2,2-5H3,(H2,28,30,31)/b17-11+,20-12+,24-18+,29-19?. The van der Waals surface area contributed by atoms with Crippen LogP contribution < -0.4 is 5.14 Å². The van der Waals surface area contributed by atoms with Crippen molar-refractivity contribution in [2.45, 2.75) is 34.1 Å². The molecular formula is C25H28ClFN2O2S.